The zero-order valence-corrected chi connectivity index (χ0v) is 12.1. The number of hydrogen-bond donors (Lipinski definition) is 0. The van der Waals surface area contributed by atoms with Crippen LogP contribution in [-0.4, -0.2) is 48.0 Å². The number of morpholine rings is 1. The number of hydrogen-bond acceptors (Lipinski definition) is 4. The Labute approximate surface area is 126 Å². The third-order valence-corrected chi connectivity index (χ3v) is 4.60. The molecule has 2 fully saturated rings. The fraction of sp³-hybridized carbons (Fsp3) is 0.600. The van der Waals surface area contributed by atoms with Gasteiger partial charge in [-0.3, -0.25) is 14.7 Å². The van der Waals surface area contributed by atoms with Gasteiger partial charge in [0, 0.05) is 24.2 Å². The summed E-state index contributed by atoms with van der Waals surface area (Å²) in [5.41, 5.74) is -0.925. The van der Waals surface area contributed by atoms with Gasteiger partial charge in [-0.05, 0) is 32.0 Å². The van der Waals surface area contributed by atoms with E-state index in [1.807, 2.05) is 7.05 Å². The van der Waals surface area contributed by atoms with Crippen molar-refractivity contribution in [2.24, 2.45) is 5.92 Å². The highest BCUT2D eigenvalue weighted by Gasteiger charge is 2.40. The number of pyridine rings is 1. The maximum atomic E-state index is 12.8. The molecule has 120 valence electrons. The zero-order chi connectivity index (χ0) is 15.9. The molecule has 0 radical (unpaired) electrons. The maximum absolute atomic E-state index is 12.8. The molecule has 2 atom stereocenters. The minimum Gasteiger partial charge on any atom is -0.378 e. The summed E-state index contributed by atoms with van der Waals surface area (Å²) in [6, 6.07) is 2.03. The van der Waals surface area contributed by atoms with Crippen LogP contribution >= 0.6 is 0 Å². The van der Waals surface area contributed by atoms with Gasteiger partial charge in [-0.1, -0.05) is 0 Å². The van der Waals surface area contributed by atoms with E-state index in [2.05, 4.69) is 9.88 Å². The Kier molecular flexibility index (Phi) is 3.94. The fourth-order valence-electron chi connectivity index (χ4n) is 3.26. The first kappa shape index (κ1) is 15.4. The zero-order valence-electron chi connectivity index (χ0n) is 12.1. The number of Topliss-reactive ketones (excluding diaryl/α,β-unsaturated/α-hetero) is 1. The summed E-state index contributed by atoms with van der Waals surface area (Å²) in [7, 11) is 2.00. The lowest BCUT2D eigenvalue weighted by molar-refractivity contribution is -0.137. The molecule has 2 unspecified atom stereocenters. The van der Waals surface area contributed by atoms with Gasteiger partial charge in [0.05, 0.1) is 18.8 Å². The Bertz CT molecular complexity index is 562. The van der Waals surface area contributed by atoms with Crippen LogP contribution in [-0.2, 0) is 10.9 Å². The number of alkyl halides is 3. The highest BCUT2D eigenvalue weighted by atomic mass is 19.4. The number of likely N-dealkylation sites (N-methyl/N-ethyl adjacent to an activating group) is 1. The van der Waals surface area contributed by atoms with E-state index in [1.54, 1.807) is 0 Å². The summed E-state index contributed by atoms with van der Waals surface area (Å²) < 4.78 is 43.7. The van der Waals surface area contributed by atoms with Crippen LogP contribution in [0, 0.1) is 5.92 Å². The minimum absolute atomic E-state index is 0.0941. The Morgan fingerprint density at radius 1 is 1.32 bits per heavy atom. The van der Waals surface area contributed by atoms with E-state index in [-0.39, 0.29) is 29.5 Å². The molecular weight excluding hydrogens is 297 g/mol. The third kappa shape index (κ3) is 2.87. The summed E-state index contributed by atoms with van der Waals surface area (Å²) in [6.07, 6.45) is -2.21. The molecule has 0 aromatic carbocycles. The number of rotatable bonds is 2. The molecule has 1 aromatic rings. The van der Waals surface area contributed by atoms with E-state index in [4.69, 9.17) is 4.74 Å². The molecule has 0 amide bonds. The smallest absolute Gasteiger partial charge is 0.378 e. The molecule has 3 heterocycles. The van der Waals surface area contributed by atoms with Gasteiger partial charge in [-0.15, -0.1) is 0 Å². The minimum atomic E-state index is -4.46. The van der Waals surface area contributed by atoms with Crippen LogP contribution in [0.25, 0.3) is 0 Å². The lowest BCUT2D eigenvalue weighted by Crippen LogP contribution is -2.55. The van der Waals surface area contributed by atoms with Gasteiger partial charge in [-0.2, -0.15) is 13.2 Å². The standard InChI is InChI=1S/C15H17F3N2O2/c1-20-11-4-9(5-12(20)8-22-7-11)14(21)13-6-10(2-3-19-13)15(16,17)18/h2-3,6,9,11-12H,4-5,7-8H2,1H3. The highest BCUT2D eigenvalue weighted by molar-refractivity contribution is 5.96. The number of halogens is 3. The number of aromatic nitrogens is 1. The summed E-state index contributed by atoms with van der Waals surface area (Å²) in [4.78, 5) is 18.6. The van der Waals surface area contributed by atoms with Crippen LogP contribution in [0.2, 0.25) is 0 Å². The Hall–Kier alpha value is -1.47. The molecule has 2 saturated heterocycles. The van der Waals surface area contributed by atoms with Crippen molar-refractivity contribution in [3.63, 3.8) is 0 Å². The molecule has 2 aliphatic heterocycles. The van der Waals surface area contributed by atoms with Crippen molar-refractivity contribution >= 4 is 5.78 Å². The number of carbonyl (C=O) groups is 1. The van der Waals surface area contributed by atoms with Crippen molar-refractivity contribution in [2.45, 2.75) is 31.1 Å². The number of ketones is 1. The predicted molar refractivity (Wildman–Crippen MR) is 72.5 cm³/mol. The molecule has 0 spiro atoms. The monoisotopic (exact) mass is 314 g/mol. The van der Waals surface area contributed by atoms with E-state index < -0.39 is 11.7 Å². The average molecular weight is 314 g/mol. The molecule has 0 saturated carbocycles. The molecular formula is C15H17F3N2O2. The van der Waals surface area contributed by atoms with E-state index in [9.17, 15) is 18.0 Å². The predicted octanol–water partition coefficient (Wildman–Crippen LogP) is 2.39. The Morgan fingerprint density at radius 2 is 1.95 bits per heavy atom. The van der Waals surface area contributed by atoms with Crippen molar-refractivity contribution in [3.8, 4) is 0 Å². The highest BCUT2D eigenvalue weighted by Crippen LogP contribution is 2.33. The van der Waals surface area contributed by atoms with Crippen LogP contribution in [0.1, 0.15) is 28.9 Å². The first-order valence-electron chi connectivity index (χ1n) is 7.23. The number of fused-ring (bicyclic) bond motifs is 2. The van der Waals surface area contributed by atoms with Gasteiger partial charge in [0.2, 0.25) is 0 Å². The number of piperidine rings is 1. The molecule has 2 bridgehead atoms. The SMILES string of the molecule is CN1C2COCC1CC(C(=O)c1cc(C(F)(F)F)ccn1)C2. The van der Waals surface area contributed by atoms with E-state index in [1.165, 1.54) is 0 Å². The van der Waals surface area contributed by atoms with Crippen LogP contribution in [0.5, 0.6) is 0 Å². The molecule has 3 rings (SSSR count). The van der Waals surface area contributed by atoms with Crippen LogP contribution in [0.15, 0.2) is 18.3 Å². The van der Waals surface area contributed by atoms with Gasteiger partial charge < -0.3 is 4.74 Å². The van der Waals surface area contributed by atoms with Gasteiger partial charge in [-0.25, -0.2) is 0 Å². The van der Waals surface area contributed by atoms with Crippen molar-refractivity contribution in [3.05, 3.63) is 29.6 Å². The molecule has 1 aromatic heterocycles. The molecule has 7 heteroatoms. The second kappa shape index (κ2) is 5.62. The van der Waals surface area contributed by atoms with E-state index in [0.717, 1.165) is 18.3 Å². The first-order valence-corrected chi connectivity index (χ1v) is 7.23. The van der Waals surface area contributed by atoms with Crippen molar-refractivity contribution in [2.75, 3.05) is 20.3 Å². The molecule has 0 aliphatic carbocycles. The summed E-state index contributed by atoms with van der Waals surface area (Å²) in [5.74, 6) is -0.581. The maximum Gasteiger partial charge on any atom is 0.416 e. The van der Waals surface area contributed by atoms with Gasteiger partial charge in [0.15, 0.2) is 5.78 Å². The Morgan fingerprint density at radius 3 is 2.55 bits per heavy atom. The first-order chi connectivity index (χ1) is 10.4. The summed E-state index contributed by atoms with van der Waals surface area (Å²) in [6.45, 7) is 1.12. The number of carbonyl (C=O) groups excluding carboxylic acids is 1. The van der Waals surface area contributed by atoms with Crippen LogP contribution < -0.4 is 0 Å². The fourth-order valence-corrected chi connectivity index (χ4v) is 3.26. The average Bonchev–Trinajstić information content (AvgIpc) is 2.45. The second-order valence-electron chi connectivity index (χ2n) is 5.97. The van der Waals surface area contributed by atoms with Gasteiger partial charge in [0.25, 0.3) is 0 Å². The summed E-state index contributed by atoms with van der Waals surface area (Å²) >= 11 is 0. The summed E-state index contributed by atoms with van der Waals surface area (Å²) in [5, 5.41) is 0. The van der Waals surface area contributed by atoms with Crippen molar-refractivity contribution in [1.82, 2.24) is 9.88 Å². The third-order valence-electron chi connectivity index (χ3n) is 4.60. The van der Waals surface area contributed by atoms with Crippen LogP contribution in [0.4, 0.5) is 13.2 Å². The van der Waals surface area contributed by atoms with E-state index in [0.29, 0.717) is 26.1 Å². The largest absolute Gasteiger partial charge is 0.416 e. The molecule has 0 N–H and O–H groups in total. The van der Waals surface area contributed by atoms with Gasteiger partial charge >= 0.3 is 6.18 Å². The molecule has 4 nitrogen and oxygen atoms in total. The number of nitrogens with zero attached hydrogens (tertiary/aromatic N) is 2. The van der Waals surface area contributed by atoms with E-state index >= 15 is 0 Å². The van der Waals surface area contributed by atoms with Crippen molar-refractivity contribution in [1.29, 1.82) is 0 Å². The van der Waals surface area contributed by atoms with Crippen molar-refractivity contribution < 1.29 is 22.7 Å². The van der Waals surface area contributed by atoms with Crippen LogP contribution in [0.3, 0.4) is 0 Å². The van der Waals surface area contributed by atoms with Gasteiger partial charge in [0.1, 0.15) is 5.69 Å². The lowest BCUT2D eigenvalue weighted by atomic mass is 9.82. The quantitative estimate of drug-likeness (QED) is 0.786. The second-order valence-corrected chi connectivity index (χ2v) is 5.97. The lowest BCUT2D eigenvalue weighted by Gasteiger charge is -2.46. The topological polar surface area (TPSA) is 42.4 Å². The molecule has 22 heavy (non-hydrogen) atoms. The Balaban J connectivity index is 1.80. The number of ether oxygens (including phenoxy) is 1. The molecule has 2 aliphatic rings. The normalized spacial score (nSPS) is 29.4.